The molecule has 0 radical (unpaired) electrons. The second-order valence-corrected chi connectivity index (χ2v) is 4.04. The first-order valence-electron chi connectivity index (χ1n) is 5.56. The highest BCUT2D eigenvalue weighted by molar-refractivity contribution is 5.22. The molecule has 1 rings (SSSR count). The quantitative estimate of drug-likeness (QED) is 0.799. The first-order chi connectivity index (χ1) is 7.51. The molecule has 0 amide bonds. The van der Waals surface area contributed by atoms with Crippen LogP contribution in [0.25, 0.3) is 0 Å². The minimum atomic E-state index is -0.542. The molecule has 0 fully saturated rings. The standard InChI is InChI=1S/C11H18N2O3/c1-4-7(3)6-13-10(15)8(5-2)9(14)12-11(13)16/h7,15H,4-6H2,1-3H3,(H,12,14,16). The Morgan fingerprint density at radius 2 is 2.00 bits per heavy atom. The SMILES string of the molecule is CCc1c(O)n(CC(C)CC)c(=O)[nH]c1=O. The van der Waals surface area contributed by atoms with Gasteiger partial charge in [-0.25, -0.2) is 4.79 Å². The van der Waals surface area contributed by atoms with Gasteiger partial charge in [0, 0.05) is 6.54 Å². The average Bonchev–Trinajstić information content (AvgIpc) is 2.24. The Kier molecular flexibility index (Phi) is 3.93. The van der Waals surface area contributed by atoms with Gasteiger partial charge in [0.1, 0.15) is 0 Å². The number of rotatable bonds is 4. The van der Waals surface area contributed by atoms with Crippen molar-refractivity contribution < 1.29 is 5.11 Å². The number of aromatic nitrogens is 2. The van der Waals surface area contributed by atoms with E-state index in [4.69, 9.17) is 0 Å². The van der Waals surface area contributed by atoms with E-state index in [9.17, 15) is 14.7 Å². The Morgan fingerprint density at radius 3 is 2.50 bits per heavy atom. The molecule has 0 aliphatic heterocycles. The molecular weight excluding hydrogens is 208 g/mol. The molecule has 1 aromatic heterocycles. The van der Waals surface area contributed by atoms with Crippen LogP contribution >= 0.6 is 0 Å². The zero-order valence-electron chi connectivity index (χ0n) is 9.91. The van der Waals surface area contributed by atoms with Crippen LogP contribution in [0.15, 0.2) is 9.59 Å². The third kappa shape index (κ3) is 2.35. The molecule has 0 bridgehead atoms. The van der Waals surface area contributed by atoms with E-state index >= 15 is 0 Å². The van der Waals surface area contributed by atoms with Crippen LogP contribution in [0.3, 0.4) is 0 Å². The van der Waals surface area contributed by atoms with Gasteiger partial charge in [0.05, 0.1) is 5.56 Å². The predicted octanol–water partition coefficient (Wildman–Crippen LogP) is 0.851. The van der Waals surface area contributed by atoms with Crippen LogP contribution in [0.5, 0.6) is 5.88 Å². The molecule has 0 saturated heterocycles. The summed E-state index contributed by atoms with van der Waals surface area (Å²) in [6, 6.07) is 0. The summed E-state index contributed by atoms with van der Waals surface area (Å²) in [7, 11) is 0. The Labute approximate surface area is 93.8 Å². The molecule has 0 spiro atoms. The number of hydrogen-bond acceptors (Lipinski definition) is 3. The molecule has 1 atom stereocenters. The molecule has 0 aliphatic carbocycles. The number of aromatic amines is 1. The van der Waals surface area contributed by atoms with E-state index < -0.39 is 11.2 Å². The van der Waals surface area contributed by atoms with Gasteiger partial charge in [-0.1, -0.05) is 27.2 Å². The van der Waals surface area contributed by atoms with E-state index in [2.05, 4.69) is 4.98 Å². The summed E-state index contributed by atoms with van der Waals surface area (Å²) in [4.78, 5) is 25.1. The van der Waals surface area contributed by atoms with Crippen LogP contribution in [0, 0.1) is 5.92 Å². The molecule has 90 valence electrons. The highest BCUT2D eigenvalue weighted by atomic mass is 16.3. The molecule has 0 aliphatic rings. The maximum Gasteiger partial charge on any atom is 0.331 e. The molecule has 0 aromatic carbocycles. The first-order valence-corrected chi connectivity index (χ1v) is 5.56. The van der Waals surface area contributed by atoms with Crippen molar-refractivity contribution in [1.29, 1.82) is 0 Å². The summed E-state index contributed by atoms with van der Waals surface area (Å²) < 4.78 is 1.23. The summed E-state index contributed by atoms with van der Waals surface area (Å²) in [5.74, 6) is 0.0794. The van der Waals surface area contributed by atoms with E-state index in [0.29, 0.717) is 13.0 Å². The van der Waals surface area contributed by atoms with Crippen molar-refractivity contribution in [1.82, 2.24) is 9.55 Å². The zero-order valence-corrected chi connectivity index (χ0v) is 9.91. The van der Waals surface area contributed by atoms with Crippen LogP contribution < -0.4 is 11.2 Å². The van der Waals surface area contributed by atoms with E-state index in [-0.39, 0.29) is 17.4 Å². The van der Waals surface area contributed by atoms with E-state index in [1.165, 1.54) is 4.57 Å². The molecular formula is C11H18N2O3. The largest absolute Gasteiger partial charge is 0.494 e. The number of aromatic hydroxyl groups is 1. The molecule has 16 heavy (non-hydrogen) atoms. The van der Waals surface area contributed by atoms with Crippen LogP contribution in [0.1, 0.15) is 32.8 Å². The topological polar surface area (TPSA) is 75.1 Å². The van der Waals surface area contributed by atoms with E-state index in [1.807, 2.05) is 13.8 Å². The van der Waals surface area contributed by atoms with Gasteiger partial charge in [-0.05, 0) is 12.3 Å². The molecule has 0 saturated carbocycles. The van der Waals surface area contributed by atoms with Gasteiger partial charge in [0.2, 0.25) is 5.88 Å². The Balaban J connectivity index is 3.29. The average molecular weight is 226 g/mol. The molecule has 5 heteroatoms. The summed E-state index contributed by atoms with van der Waals surface area (Å²) >= 11 is 0. The second kappa shape index (κ2) is 5.01. The van der Waals surface area contributed by atoms with E-state index in [1.54, 1.807) is 6.92 Å². The van der Waals surface area contributed by atoms with Crippen molar-refractivity contribution in [2.75, 3.05) is 0 Å². The van der Waals surface area contributed by atoms with Gasteiger partial charge in [-0.3, -0.25) is 14.3 Å². The highest BCUT2D eigenvalue weighted by Crippen LogP contribution is 2.13. The third-order valence-corrected chi connectivity index (χ3v) is 2.81. The lowest BCUT2D eigenvalue weighted by molar-refractivity contribution is 0.359. The smallest absolute Gasteiger partial charge is 0.331 e. The number of hydrogen-bond donors (Lipinski definition) is 2. The maximum atomic E-state index is 11.5. The monoisotopic (exact) mass is 226 g/mol. The zero-order chi connectivity index (χ0) is 12.3. The fourth-order valence-electron chi connectivity index (χ4n) is 1.53. The van der Waals surface area contributed by atoms with Gasteiger partial charge in [0.25, 0.3) is 5.56 Å². The third-order valence-electron chi connectivity index (χ3n) is 2.81. The molecule has 5 nitrogen and oxygen atoms in total. The summed E-state index contributed by atoms with van der Waals surface area (Å²) in [5, 5.41) is 9.84. The van der Waals surface area contributed by atoms with E-state index in [0.717, 1.165) is 6.42 Å². The Bertz CT molecular complexity index is 473. The lowest BCUT2D eigenvalue weighted by Gasteiger charge is -2.13. The Hall–Kier alpha value is -1.52. The lowest BCUT2D eigenvalue weighted by Crippen LogP contribution is -2.33. The van der Waals surface area contributed by atoms with Crippen LogP contribution in [-0.4, -0.2) is 14.7 Å². The predicted molar refractivity (Wildman–Crippen MR) is 61.8 cm³/mol. The van der Waals surface area contributed by atoms with Gasteiger partial charge >= 0.3 is 5.69 Å². The normalized spacial score (nSPS) is 12.7. The van der Waals surface area contributed by atoms with Crippen molar-refractivity contribution in [2.24, 2.45) is 5.92 Å². The minimum Gasteiger partial charge on any atom is -0.494 e. The highest BCUT2D eigenvalue weighted by Gasteiger charge is 2.13. The molecule has 1 aromatic rings. The number of nitrogens with zero attached hydrogens (tertiary/aromatic N) is 1. The number of nitrogens with one attached hydrogen (secondary N) is 1. The van der Waals surface area contributed by atoms with Gasteiger partial charge in [-0.15, -0.1) is 0 Å². The van der Waals surface area contributed by atoms with Crippen molar-refractivity contribution >= 4 is 0 Å². The summed E-state index contributed by atoms with van der Waals surface area (Å²) in [6.45, 7) is 6.19. The Morgan fingerprint density at radius 1 is 1.38 bits per heavy atom. The molecule has 1 heterocycles. The van der Waals surface area contributed by atoms with Crippen LogP contribution in [0.4, 0.5) is 0 Å². The minimum absolute atomic E-state index is 0.198. The second-order valence-electron chi connectivity index (χ2n) is 4.04. The van der Waals surface area contributed by atoms with Gasteiger partial charge < -0.3 is 5.11 Å². The van der Waals surface area contributed by atoms with Crippen LogP contribution in [-0.2, 0) is 13.0 Å². The van der Waals surface area contributed by atoms with Gasteiger partial charge in [-0.2, -0.15) is 0 Å². The molecule has 1 unspecified atom stereocenters. The summed E-state index contributed by atoms with van der Waals surface area (Å²) in [6.07, 6.45) is 1.31. The van der Waals surface area contributed by atoms with Crippen molar-refractivity contribution in [3.63, 3.8) is 0 Å². The lowest BCUT2D eigenvalue weighted by atomic mass is 10.1. The maximum absolute atomic E-state index is 11.5. The van der Waals surface area contributed by atoms with Crippen LogP contribution in [0.2, 0.25) is 0 Å². The van der Waals surface area contributed by atoms with Crippen molar-refractivity contribution in [3.05, 3.63) is 26.4 Å². The van der Waals surface area contributed by atoms with Gasteiger partial charge in [0.15, 0.2) is 0 Å². The summed E-state index contributed by atoms with van der Waals surface area (Å²) in [5.41, 5.74) is -0.770. The fourth-order valence-corrected chi connectivity index (χ4v) is 1.53. The first kappa shape index (κ1) is 12.5. The van der Waals surface area contributed by atoms with Crippen molar-refractivity contribution in [2.45, 2.75) is 40.2 Å². The fraction of sp³-hybridized carbons (Fsp3) is 0.636. The van der Waals surface area contributed by atoms with Crippen molar-refractivity contribution in [3.8, 4) is 5.88 Å². The number of H-pyrrole nitrogens is 1. The molecule has 2 N–H and O–H groups in total.